The molecular formula is C18H20FNO. The second kappa shape index (κ2) is 6.08. The molecule has 21 heavy (non-hydrogen) atoms. The highest BCUT2D eigenvalue weighted by Gasteiger charge is 2.15. The van der Waals surface area contributed by atoms with Crippen LogP contribution in [-0.4, -0.2) is 19.4 Å². The van der Waals surface area contributed by atoms with Crippen molar-refractivity contribution >= 4 is 11.5 Å². The zero-order chi connectivity index (χ0) is 15.6. The van der Waals surface area contributed by atoms with Crippen LogP contribution in [0.2, 0.25) is 0 Å². The second-order valence-corrected chi connectivity index (χ2v) is 5.48. The van der Waals surface area contributed by atoms with Gasteiger partial charge in [-0.3, -0.25) is 4.79 Å². The first-order valence-corrected chi connectivity index (χ1v) is 6.97. The Morgan fingerprint density at radius 2 is 1.67 bits per heavy atom. The Bertz CT molecular complexity index is 679. The smallest absolute Gasteiger partial charge is 0.182 e. The van der Waals surface area contributed by atoms with Crippen molar-refractivity contribution in [3.05, 3.63) is 64.5 Å². The summed E-state index contributed by atoms with van der Waals surface area (Å²) in [5.41, 5.74) is 4.38. The number of ketones is 1. The lowest BCUT2D eigenvalue weighted by Gasteiger charge is -2.20. The fourth-order valence-electron chi connectivity index (χ4n) is 2.41. The van der Waals surface area contributed by atoms with Gasteiger partial charge in [-0.25, -0.2) is 4.39 Å². The van der Waals surface area contributed by atoms with E-state index < -0.39 is 0 Å². The molecule has 110 valence electrons. The van der Waals surface area contributed by atoms with Gasteiger partial charge in [0.2, 0.25) is 0 Å². The van der Waals surface area contributed by atoms with E-state index in [1.165, 1.54) is 11.6 Å². The van der Waals surface area contributed by atoms with Crippen LogP contribution in [0.15, 0.2) is 36.4 Å². The van der Waals surface area contributed by atoms with Gasteiger partial charge < -0.3 is 4.90 Å². The van der Waals surface area contributed by atoms with Gasteiger partial charge in [0.05, 0.1) is 12.2 Å². The summed E-state index contributed by atoms with van der Waals surface area (Å²) >= 11 is 0. The second-order valence-electron chi connectivity index (χ2n) is 5.48. The molecule has 0 saturated carbocycles. The lowest BCUT2D eigenvalue weighted by atomic mass is 9.98. The SMILES string of the molecule is Cc1cc(C)c(C(=O)CN(C)c2ccccc2F)cc1C. The van der Waals surface area contributed by atoms with E-state index in [9.17, 15) is 9.18 Å². The average molecular weight is 285 g/mol. The lowest BCUT2D eigenvalue weighted by Crippen LogP contribution is -2.27. The largest absolute Gasteiger partial charge is 0.365 e. The summed E-state index contributed by atoms with van der Waals surface area (Å²) in [6.07, 6.45) is 0. The summed E-state index contributed by atoms with van der Waals surface area (Å²) in [7, 11) is 1.73. The highest BCUT2D eigenvalue weighted by molar-refractivity contribution is 6.00. The molecule has 0 aliphatic carbocycles. The van der Waals surface area contributed by atoms with E-state index >= 15 is 0 Å². The number of anilines is 1. The summed E-state index contributed by atoms with van der Waals surface area (Å²) in [6, 6.07) is 10.4. The summed E-state index contributed by atoms with van der Waals surface area (Å²) in [4.78, 5) is 14.1. The van der Waals surface area contributed by atoms with Crippen LogP contribution >= 0.6 is 0 Å². The Balaban J connectivity index is 2.22. The predicted octanol–water partition coefficient (Wildman–Crippen LogP) is 4.07. The van der Waals surface area contributed by atoms with Crippen molar-refractivity contribution in [2.24, 2.45) is 0 Å². The molecule has 0 amide bonds. The van der Waals surface area contributed by atoms with Crippen LogP contribution in [0.5, 0.6) is 0 Å². The number of likely N-dealkylation sites (N-methyl/N-ethyl adjacent to an activating group) is 1. The maximum atomic E-state index is 13.7. The average Bonchev–Trinajstić information content (AvgIpc) is 2.43. The van der Waals surface area contributed by atoms with Gasteiger partial charge in [-0.1, -0.05) is 18.2 Å². The van der Waals surface area contributed by atoms with Crippen molar-refractivity contribution in [3.8, 4) is 0 Å². The standard InChI is InChI=1S/C18H20FNO/c1-12-9-14(3)15(10-13(12)2)18(21)11-20(4)17-8-6-5-7-16(17)19/h5-10H,11H2,1-4H3. The monoisotopic (exact) mass is 285 g/mol. The zero-order valence-electron chi connectivity index (χ0n) is 12.9. The Hall–Kier alpha value is -2.16. The minimum atomic E-state index is -0.315. The molecule has 0 spiro atoms. The normalized spacial score (nSPS) is 10.5. The Morgan fingerprint density at radius 3 is 2.33 bits per heavy atom. The first-order valence-electron chi connectivity index (χ1n) is 6.97. The molecule has 0 aromatic heterocycles. The third-order valence-electron chi connectivity index (χ3n) is 3.79. The van der Waals surface area contributed by atoms with Crippen molar-refractivity contribution < 1.29 is 9.18 Å². The number of nitrogens with zero attached hydrogens (tertiary/aromatic N) is 1. The molecule has 0 fully saturated rings. The van der Waals surface area contributed by atoms with Gasteiger partial charge in [0.15, 0.2) is 5.78 Å². The van der Waals surface area contributed by atoms with Gasteiger partial charge in [-0.05, 0) is 55.7 Å². The first kappa shape index (κ1) is 15.2. The summed E-state index contributed by atoms with van der Waals surface area (Å²) in [5.74, 6) is -0.314. The van der Waals surface area contributed by atoms with E-state index in [-0.39, 0.29) is 18.1 Å². The number of halogens is 1. The molecule has 0 unspecified atom stereocenters. The summed E-state index contributed by atoms with van der Waals surface area (Å²) in [6.45, 7) is 6.11. The van der Waals surface area contributed by atoms with Gasteiger partial charge in [-0.15, -0.1) is 0 Å². The molecule has 2 nitrogen and oxygen atoms in total. The predicted molar refractivity (Wildman–Crippen MR) is 84.7 cm³/mol. The molecule has 0 bridgehead atoms. The van der Waals surface area contributed by atoms with Crippen molar-refractivity contribution in [3.63, 3.8) is 0 Å². The van der Waals surface area contributed by atoms with Crippen LogP contribution in [0.1, 0.15) is 27.0 Å². The van der Waals surface area contributed by atoms with Gasteiger partial charge >= 0.3 is 0 Å². The lowest BCUT2D eigenvalue weighted by molar-refractivity contribution is 0.0999. The molecule has 0 heterocycles. The summed E-state index contributed by atoms with van der Waals surface area (Å²) < 4.78 is 13.7. The van der Waals surface area contributed by atoms with Gasteiger partial charge in [0.1, 0.15) is 5.82 Å². The van der Waals surface area contributed by atoms with Crippen molar-refractivity contribution in [1.82, 2.24) is 0 Å². The van der Waals surface area contributed by atoms with E-state index in [1.807, 2.05) is 32.9 Å². The molecule has 0 atom stereocenters. The number of hydrogen-bond donors (Lipinski definition) is 0. The molecule has 2 aromatic rings. The Labute approximate surface area is 125 Å². The number of benzene rings is 2. The molecule has 2 aromatic carbocycles. The van der Waals surface area contributed by atoms with Crippen LogP contribution in [0.4, 0.5) is 10.1 Å². The minimum absolute atomic E-state index is 0.00125. The number of aryl methyl sites for hydroxylation is 3. The van der Waals surface area contributed by atoms with Crippen molar-refractivity contribution in [1.29, 1.82) is 0 Å². The van der Waals surface area contributed by atoms with E-state index in [4.69, 9.17) is 0 Å². The van der Waals surface area contributed by atoms with Crippen LogP contribution in [0, 0.1) is 26.6 Å². The highest BCUT2D eigenvalue weighted by Crippen LogP contribution is 2.20. The van der Waals surface area contributed by atoms with Crippen LogP contribution in [-0.2, 0) is 0 Å². The number of para-hydroxylation sites is 1. The van der Waals surface area contributed by atoms with Gasteiger partial charge in [0.25, 0.3) is 0 Å². The maximum Gasteiger partial charge on any atom is 0.182 e. The van der Waals surface area contributed by atoms with Crippen LogP contribution in [0.25, 0.3) is 0 Å². The fourth-order valence-corrected chi connectivity index (χ4v) is 2.41. The van der Waals surface area contributed by atoms with Crippen molar-refractivity contribution in [2.45, 2.75) is 20.8 Å². The quantitative estimate of drug-likeness (QED) is 0.789. The molecule has 2 rings (SSSR count). The molecule has 0 saturated heterocycles. The van der Waals surface area contributed by atoms with E-state index in [0.29, 0.717) is 11.3 Å². The minimum Gasteiger partial charge on any atom is -0.365 e. The highest BCUT2D eigenvalue weighted by atomic mass is 19.1. The molecule has 0 aliphatic heterocycles. The maximum absolute atomic E-state index is 13.7. The Morgan fingerprint density at radius 1 is 1.05 bits per heavy atom. The van der Waals surface area contributed by atoms with Gasteiger partial charge in [0, 0.05) is 12.6 Å². The van der Waals surface area contributed by atoms with Crippen LogP contribution < -0.4 is 4.90 Å². The fraction of sp³-hybridized carbons (Fsp3) is 0.278. The molecule has 0 aliphatic rings. The van der Waals surface area contributed by atoms with E-state index in [1.54, 1.807) is 30.1 Å². The number of hydrogen-bond acceptors (Lipinski definition) is 2. The van der Waals surface area contributed by atoms with Crippen LogP contribution in [0.3, 0.4) is 0 Å². The molecule has 0 N–H and O–H groups in total. The zero-order valence-corrected chi connectivity index (χ0v) is 12.9. The number of rotatable bonds is 4. The molecule has 0 radical (unpaired) electrons. The number of carbonyl (C=O) groups excluding carboxylic acids is 1. The number of Topliss-reactive ketones (excluding diaryl/α,β-unsaturated/α-hetero) is 1. The third-order valence-corrected chi connectivity index (χ3v) is 3.79. The van der Waals surface area contributed by atoms with E-state index in [0.717, 1.165) is 11.1 Å². The Kier molecular flexibility index (Phi) is 4.41. The third kappa shape index (κ3) is 3.30. The number of carbonyl (C=O) groups is 1. The molecular weight excluding hydrogens is 265 g/mol. The van der Waals surface area contributed by atoms with Crippen molar-refractivity contribution in [2.75, 3.05) is 18.5 Å². The molecule has 3 heteroatoms. The topological polar surface area (TPSA) is 20.3 Å². The van der Waals surface area contributed by atoms with E-state index in [2.05, 4.69) is 0 Å². The van der Waals surface area contributed by atoms with Gasteiger partial charge in [-0.2, -0.15) is 0 Å². The first-order chi connectivity index (χ1) is 9.90. The summed E-state index contributed by atoms with van der Waals surface area (Å²) in [5, 5.41) is 0.